The lowest BCUT2D eigenvalue weighted by molar-refractivity contribution is -0.141. The molecule has 5 heteroatoms. The Morgan fingerprint density at radius 2 is 1.52 bits per heavy atom. The van der Waals surface area contributed by atoms with Gasteiger partial charge in [0, 0.05) is 44.7 Å². The molecule has 4 atom stereocenters. The van der Waals surface area contributed by atoms with Crippen LogP contribution in [0.2, 0.25) is 0 Å². The number of hydrogen-bond donors (Lipinski definition) is 0. The molecule has 0 bridgehead atoms. The van der Waals surface area contributed by atoms with E-state index in [4.69, 9.17) is 0 Å². The number of likely N-dealkylation sites (tertiary alicyclic amines) is 2. The van der Waals surface area contributed by atoms with Gasteiger partial charge >= 0.3 is 0 Å². The summed E-state index contributed by atoms with van der Waals surface area (Å²) in [5.74, 6) is 2.38. The van der Waals surface area contributed by atoms with E-state index >= 15 is 0 Å². The third-order valence-electron chi connectivity index (χ3n) is 7.44. The van der Waals surface area contributed by atoms with E-state index < -0.39 is 0 Å². The van der Waals surface area contributed by atoms with Gasteiger partial charge in [-0.2, -0.15) is 0 Å². The van der Waals surface area contributed by atoms with Gasteiger partial charge in [-0.25, -0.2) is 0 Å². The Labute approximate surface area is 150 Å². The third-order valence-corrected chi connectivity index (χ3v) is 7.44. The fourth-order valence-electron chi connectivity index (χ4n) is 5.96. The van der Waals surface area contributed by atoms with Gasteiger partial charge in [0.05, 0.1) is 5.92 Å². The number of carbonyl (C=O) groups is 2. The average Bonchev–Trinajstić information content (AvgIpc) is 3.32. The molecule has 5 nitrogen and oxygen atoms in total. The first kappa shape index (κ1) is 16.1. The molecule has 4 aliphatic heterocycles. The quantitative estimate of drug-likeness (QED) is 0.763. The maximum absolute atomic E-state index is 13.1. The van der Waals surface area contributed by atoms with Gasteiger partial charge < -0.3 is 9.80 Å². The molecular formula is C20H31N3O2. The molecular weight excluding hydrogens is 314 g/mol. The lowest BCUT2D eigenvalue weighted by Gasteiger charge is -2.36. The molecule has 0 spiro atoms. The molecule has 4 saturated heterocycles. The second kappa shape index (κ2) is 6.26. The molecule has 1 saturated carbocycles. The standard InChI is InChI=1S/C20H31N3O2/c24-19(14-6-7-14)22-9-3-4-15(10-22)20(25)23-12-16-11-21-8-2-1-5-18(21)17(16)13-23/h14-18H,1-13H2/t15-,16-,17+,18+/m0/s1. The first-order valence-corrected chi connectivity index (χ1v) is 10.5. The first-order chi connectivity index (χ1) is 12.2. The van der Waals surface area contributed by atoms with Gasteiger partial charge in [-0.15, -0.1) is 0 Å². The summed E-state index contributed by atoms with van der Waals surface area (Å²) in [7, 11) is 0. The van der Waals surface area contributed by atoms with Crippen molar-refractivity contribution in [2.24, 2.45) is 23.7 Å². The number of fused-ring (bicyclic) bond motifs is 3. The van der Waals surface area contributed by atoms with Crippen LogP contribution in [0.5, 0.6) is 0 Å². The van der Waals surface area contributed by atoms with E-state index in [9.17, 15) is 9.59 Å². The van der Waals surface area contributed by atoms with Crippen LogP contribution in [-0.2, 0) is 9.59 Å². The molecule has 0 aromatic heterocycles. The van der Waals surface area contributed by atoms with Crippen molar-refractivity contribution in [1.82, 2.24) is 14.7 Å². The van der Waals surface area contributed by atoms with Crippen molar-refractivity contribution in [1.29, 1.82) is 0 Å². The van der Waals surface area contributed by atoms with Crippen LogP contribution in [-0.4, -0.2) is 71.8 Å². The largest absolute Gasteiger partial charge is 0.342 e. The summed E-state index contributed by atoms with van der Waals surface area (Å²) >= 11 is 0. The predicted molar refractivity (Wildman–Crippen MR) is 94.8 cm³/mol. The van der Waals surface area contributed by atoms with E-state index in [-0.39, 0.29) is 11.8 Å². The molecule has 5 rings (SSSR count). The Bertz CT molecular complexity index is 561. The Hall–Kier alpha value is -1.10. The van der Waals surface area contributed by atoms with Crippen molar-refractivity contribution in [3.8, 4) is 0 Å². The molecule has 5 aliphatic rings. The van der Waals surface area contributed by atoms with Gasteiger partial charge in [-0.1, -0.05) is 6.42 Å². The topological polar surface area (TPSA) is 43.9 Å². The minimum Gasteiger partial charge on any atom is -0.342 e. The van der Waals surface area contributed by atoms with Gasteiger partial charge in [-0.05, 0) is 56.9 Å². The van der Waals surface area contributed by atoms with E-state index in [0.717, 1.165) is 51.4 Å². The molecule has 0 aromatic rings. The molecule has 0 aromatic carbocycles. The fraction of sp³-hybridized carbons (Fsp3) is 0.900. The third kappa shape index (κ3) is 2.88. The van der Waals surface area contributed by atoms with Gasteiger partial charge in [-0.3, -0.25) is 14.5 Å². The number of hydrogen-bond acceptors (Lipinski definition) is 3. The number of rotatable bonds is 2. The molecule has 2 amide bonds. The predicted octanol–water partition coefficient (Wildman–Crippen LogP) is 1.58. The van der Waals surface area contributed by atoms with Crippen LogP contribution in [0.25, 0.3) is 0 Å². The zero-order valence-electron chi connectivity index (χ0n) is 15.2. The average molecular weight is 345 g/mol. The Kier molecular flexibility index (Phi) is 4.03. The van der Waals surface area contributed by atoms with Crippen molar-refractivity contribution in [2.75, 3.05) is 39.3 Å². The minimum absolute atomic E-state index is 0.0535. The summed E-state index contributed by atoms with van der Waals surface area (Å²) in [6.45, 7) is 5.95. The number of carbonyl (C=O) groups excluding carboxylic acids is 2. The lowest BCUT2D eigenvalue weighted by Crippen LogP contribution is -2.47. The van der Waals surface area contributed by atoms with Crippen LogP contribution in [0.15, 0.2) is 0 Å². The Morgan fingerprint density at radius 1 is 0.680 bits per heavy atom. The maximum atomic E-state index is 13.1. The highest BCUT2D eigenvalue weighted by atomic mass is 16.2. The molecule has 5 fully saturated rings. The smallest absolute Gasteiger partial charge is 0.227 e. The number of amides is 2. The van der Waals surface area contributed by atoms with Crippen molar-refractivity contribution in [3.63, 3.8) is 0 Å². The summed E-state index contributed by atoms with van der Waals surface area (Å²) in [6.07, 6.45) is 8.12. The van der Waals surface area contributed by atoms with Crippen molar-refractivity contribution in [3.05, 3.63) is 0 Å². The second-order valence-corrected chi connectivity index (χ2v) is 9.12. The van der Waals surface area contributed by atoms with Crippen molar-refractivity contribution < 1.29 is 9.59 Å². The highest BCUT2D eigenvalue weighted by molar-refractivity contribution is 5.83. The Balaban J connectivity index is 1.21. The van der Waals surface area contributed by atoms with Gasteiger partial charge in [0.1, 0.15) is 0 Å². The van der Waals surface area contributed by atoms with Crippen LogP contribution in [0.4, 0.5) is 0 Å². The summed E-state index contributed by atoms with van der Waals surface area (Å²) < 4.78 is 0. The SMILES string of the molecule is O=C(C1CC1)N1CCC[C@H](C(=O)N2C[C@@H]3CN4CCCC[C@@H]4[C@@H]3C2)C1. The minimum atomic E-state index is 0.0535. The molecule has 1 aliphatic carbocycles. The zero-order valence-corrected chi connectivity index (χ0v) is 15.2. The number of nitrogens with zero attached hydrogens (tertiary/aromatic N) is 3. The van der Waals surface area contributed by atoms with Crippen LogP contribution < -0.4 is 0 Å². The Morgan fingerprint density at radius 3 is 2.36 bits per heavy atom. The normalized spacial score (nSPS) is 38.6. The van der Waals surface area contributed by atoms with Crippen molar-refractivity contribution in [2.45, 2.75) is 51.0 Å². The van der Waals surface area contributed by atoms with Crippen LogP contribution in [0, 0.1) is 23.7 Å². The van der Waals surface area contributed by atoms with E-state index in [2.05, 4.69) is 9.80 Å². The molecule has 4 heterocycles. The summed E-state index contributed by atoms with van der Waals surface area (Å²) in [4.78, 5) is 32.3. The van der Waals surface area contributed by atoms with Crippen LogP contribution >= 0.6 is 0 Å². The van der Waals surface area contributed by atoms with E-state index in [1.807, 2.05) is 4.90 Å². The van der Waals surface area contributed by atoms with E-state index in [1.54, 1.807) is 0 Å². The van der Waals surface area contributed by atoms with E-state index in [0.29, 0.717) is 30.2 Å². The fourth-order valence-corrected chi connectivity index (χ4v) is 5.96. The molecule has 0 radical (unpaired) electrons. The molecule has 0 N–H and O–H groups in total. The van der Waals surface area contributed by atoms with Gasteiger partial charge in [0.25, 0.3) is 0 Å². The first-order valence-electron chi connectivity index (χ1n) is 10.5. The second-order valence-electron chi connectivity index (χ2n) is 9.12. The summed E-state index contributed by atoms with van der Waals surface area (Å²) in [5.41, 5.74) is 0. The van der Waals surface area contributed by atoms with Gasteiger partial charge in [0.15, 0.2) is 0 Å². The molecule has 25 heavy (non-hydrogen) atoms. The zero-order chi connectivity index (χ0) is 17.0. The van der Waals surface area contributed by atoms with Crippen molar-refractivity contribution >= 4 is 11.8 Å². The van der Waals surface area contributed by atoms with Crippen LogP contribution in [0.1, 0.15) is 44.9 Å². The summed E-state index contributed by atoms with van der Waals surface area (Å²) in [6, 6.07) is 0.732. The number of piperidine rings is 2. The molecule has 138 valence electrons. The van der Waals surface area contributed by atoms with Gasteiger partial charge in [0.2, 0.25) is 11.8 Å². The van der Waals surface area contributed by atoms with E-state index in [1.165, 1.54) is 32.4 Å². The highest BCUT2D eigenvalue weighted by Crippen LogP contribution is 2.41. The lowest BCUT2D eigenvalue weighted by atomic mass is 9.90. The highest BCUT2D eigenvalue weighted by Gasteiger charge is 2.49. The van der Waals surface area contributed by atoms with Crippen LogP contribution in [0.3, 0.4) is 0 Å². The maximum Gasteiger partial charge on any atom is 0.227 e. The summed E-state index contributed by atoms with van der Waals surface area (Å²) in [5, 5.41) is 0. The molecule has 0 unspecified atom stereocenters. The monoisotopic (exact) mass is 345 g/mol.